The van der Waals surface area contributed by atoms with Gasteiger partial charge >= 0.3 is 0 Å². The number of ketones is 2. The van der Waals surface area contributed by atoms with Gasteiger partial charge in [-0.05, 0) is 38.8 Å². The van der Waals surface area contributed by atoms with Crippen molar-refractivity contribution in [3.63, 3.8) is 0 Å². The van der Waals surface area contributed by atoms with E-state index in [2.05, 4.69) is 4.98 Å². The minimum Gasteiger partial charge on any atom is -0.289 e. The highest BCUT2D eigenvalue weighted by Gasteiger charge is 2.32. The summed E-state index contributed by atoms with van der Waals surface area (Å²) in [6.07, 6.45) is 4.25. The summed E-state index contributed by atoms with van der Waals surface area (Å²) >= 11 is 0. The van der Waals surface area contributed by atoms with Gasteiger partial charge in [-0.25, -0.2) is 0 Å². The Morgan fingerprint density at radius 1 is 1.05 bits per heavy atom. The summed E-state index contributed by atoms with van der Waals surface area (Å²) in [5.41, 5.74) is 3.33. The number of aromatic nitrogens is 1. The van der Waals surface area contributed by atoms with Gasteiger partial charge in [-0.2, -0.15) is 0 Å². The van der Waals surface area contributed by atoms with Gasteiger partial charge in [0.25, 0.3) is 0 Å². The quantitative estimate of drug-likeness (QED) is 0.790. The molecule has 2 rings (SSSR count). The molecule has 1 aliphatic carbocycles. The number of nitrogens with zero attached hydrogens (tertiary/aromatic N) is 1. The summed E-state index contributed by atoms with van der Waals surface area (Å²) in [5, 5.41) is 0. The van der Waals surface area contributed by atoms with Crippen molar-refractivity contribution in [2.45, 2.75) is 40.0 Å². The molecule has 0 spiro atoms. The zero-order chi connectivity index (χ0) is 14.9. The highest BCUT2D eigenvalue weighted by molar-refractivity contribution is 6.25. The van der Waals surface area contributed by atoms with E-state index in [-0.39, 0.29) is 17.5 Å². The highest BCUT2D eigenvalue weighted by Crippen LogP contribution is 2.35. The van der Waals surface area contributed by atoms with Gasteiger partial charge in [0.05, 0.1) is 0 Å². The van der Waals surface area contributed by atoms with Crippen molar-refractivity contribution in [3.05, 3.63) is 52.4 Å². The van der Waals surface area contributed by atoms with E-state index < -0.39 is 0 Å². The third-order valence-corrected chi connectivity index (χ3v) is 4.08. The Morgan fingerprint density at radius 3 is 2.25 bits per heavy atom. The van der Waals surface area contributed by atoms with Gasteiger partial charge in [0, 0.05) is 40.6 Å². The smallest absolute Gasteiger partial charge is 0.186 e. The lowest BCUT2D eigenvalue weighted by molar-refractivity contribution is -0.116. The largest absolute Gasteiger partial charge is 0.289 e. The molecule has 0 saturated carbocycles. The van der Waals surface area contributed by atoms with Gasteiger partial charge in [0.15, 0.2) is 11.6 Å². The van der Waals surface area contributed by atoms with Crippen molar-refractivity contribution in [1.82, 2.24) is 4.98 Å². The van der Waals surface area contributed by atoms with Crippen molar-refractivity contribution < 1.29 is 9.59 Å². The fraction of sp³-hybridized carbons (Fsp3) is 0.353. The lowest BCUT2D eigenvalue weighted by Gasteiger charge is -2.25. The fourth-order valence-corrected chi connectivity index (χ4v) is 2.72. The normalized spacial score (nSPS) is 17.8. The fourth-order valence-electron chi connectivity index (χ4n) is 2.72. The number of allylic oxidation sites excluding steroid dienone is 4. The van der Waals surface area contributed by atoms with E-state index in [0.29, 0.717) is 22.3 Å². The molecule has 3 heteroatoms. The number of carbonyl (C=O) groups is 2. The minimum absolute atomic E-state index is 0.00435. The molecule has 1 aromatic heterocycles. The Labute approximate surface area is 119 Å². The van der Waals surface area contributed by atoms with Crippen LogP contribution in [0, 0.1) is 0 Å². The van der Waals surface area contributed by atoms with Gasteiger partial charge in [-0.3, -0.25) is 14.6 Å². The Morgan fingerprint density at radius 2 is 1.70 bits per heavy atom. The molecule has 1 heterocycles. The van der Waals surface area contributed by atoms with Gasteiger partial charge in [0.2, 0.25) is 0 Å². The Bertz CT molecular complexity index is 624. The number of carbonyl (C=O) groups excluding carboxylic acids is 2. The predicted molar refractivity (Wildman–Crippen MR) is 78.4 cm³/mol. The van der Waals surface area contributed by atoms with Crippen molar-refractivity contribution >= 4 is 11.6 Å². The summed E-state index contributed by atoms with van der Waals surface area (Å²) in [6.45, 7) is 7.24. The second-order valence-electron chi connectivity index (χ2n) is 5.19. The molecule has 0 amide bonds. The van der Waals surface area contributed by atoms with E-state index in [0.717, 1.165) is 12.0 Å². The van der Waals surface area contributed by atoms with Gasteiger partial charge < -0.3 is 0 Å². The molecule has 0 aliphatic heterocycles. The first-order chi connectivity index (χ1) is 9.49. The standard InChI is InChI=1S/C17H19NO2/c1-5-14(13-7-6-8-18-9-13)15-12(4)16(19)10(2)11(3)17(15)20/h6-9,14H,5H2,1-4H3. The summed E-state index contributed by atoms with van der Waals surface area (Å²) in [5.74, 6) is -0.0852. The molecule has 0 radical (unpaired) electrons. The van der Waals surface area contributed by atoms with Crippen LogP contribution in [0.1, 0.15) is 45.6 Å². The number of pyridine rings is 1. The Kier molecular flexibility index (Phi) is 3.98. The van der Waals surface area contributed by atoms with Crippen LogP contribution in [0.25, 0.3) is 0 Å². The number of hydrogen-bond donors (Lipinski definition) is 0. The molecular formula is C17H19NO2. The molecule has 0 bridgehead atoms. The molecule has 104 valence electrons. The van der Waals surface area contributed by atoms with Crippen LogP contribution in [-0.2, 0) is 9.59 Å². The zero-order valence-electron chi connectivity index (χ0n) is 12.4. The average Bonchev–Trinajstić information content (AvgIpc) is 2.48. The summed E-state index contributed by atoms with van der Waals surface area (Å²) in [6, 6.07) is 3.82. The molecule has 1 aromatic rings. The summed E-state index contributed by atoms with van der Waals surface area (Å²) in [7, 11) is 0. The van der Waals surface area contributed by atoms with Crippen LogP contribution in [0.15, 0.2) is 46.8 Å². The maximum Gasteiger partial charge on any atom is 0.186 e. The van der Waals surface area contributed by atoms with E-state index in [9.17, 15) is 9.59 Å². The molecule has 1 aliphatic rings. The second kappa shape index (κ2) is 5.53. The minimum atomic E-state index is -0.0665. The molecule has 3 nitrogen and oxygen atoms in total. The monoisotopic (exact) mass is 269 g/mol. The van der Waals surface area contributed by atoms with Crippen LogP contribution >= 0.6 is 0 Å². The summed E-state index contributed by atoms with van der Waals surface area (Å²) < 4.78 is 0. The third-order valence-electron chi connectivity index (χ3n) is 4.08. The molecule has 1 atom stereocenters. The van der Waals surface area contributed by atoms with E-state index in [1.807, 2.05) is 19.1 Å². The maximum absolute atomic E-state index is 12.6. The molecule has 0 fully saturated rings. The lowest BCUT2D eigenvalue weighted by atomic mass is 9.77. The molecule has 0 aromatic carbocycles. The number of Topliss-reactive ketones (excluding diaryl/α,β-unsaturated/α-hetero) is 2. The number of hydrogen-bond acceptors (Lipinski definition) is 3. The van der Waals surface area contributed by atoms with Crippen molar-refractivity contribution in [2.75, 3.05) is 0 Å². The van der Waals surface area contributed by atoms with Crippen LogP contribution in [-0.4, -0.2) is 16.6 Å². The second-order valence-corrected chi connectivity index (χ2v) is 5.19. The van der Waals surface area contributed by atoms with E-state index in [1.165, 1.54) is 0 Å². The van der Waals surface area contributed by atoms with E-state index >= 15 is 0 Å². The first kappa shape index (κ1) is 14.4. The van der Waals surface area contributed by atoms with Crippen LogP contribution in [0.5, 0.6) is 0 Å². The molecule has 0 saturated heterocycles. The Hall–Kier alpha value is -2.03. The third kappa shape index (κ3) is 2.24. The van der Waals surface area contributed by atoms with Gasteiger partial charge in [-0.15, -0.1) is 0 Å². The molecule has 1 unspecified atom stereocenters. The van der Waals surface area contributed by atoms with Crippen LogP contribution in [0.4, 0.5) is 0 Å². The van der Waals surface area contributed by atoms with Crippen molar-refractivity contribution in [3.8, 4) is 0 Å². The molecule has 0 N–H and O–H groups in total. The van der Waals surface area contributed by atoms with Crippen molar-refractivity contribution in [1.29, 1.82) is 0 Å². The first-order valence-corrected chi connectivity index (χ1v) is 6.86. The first-order valence-electron chi connectivity index (χ1n) is 6.86. The highest BCUT2D eigenvalue weighted by atomic mass is 16.1. The Balaban J connectivity index is 2.55. The summed E-state index contributed by atoms with van der Waals surface area (Å²) in [4.78, 5) is 29.0. The number of rotatable bonds is 3. The SMILES string of the molecule is CCC(C1=C(C)C(=O)C(C)=C(C)C1=O)c1cccnc1. The lowest BCUT2D eigenvalue weighted by Crippen LogP contribution is -2.24. The topological polar surface area (TPSA) is 47.0 Å². The van der Waals surface area contributed by atoms with Crippen LogP contribution in [0.2, 0.25) is 0 Å². The van der Waals surface area contributed by atoms with Crippen LogP contribution in [0.3, 0.4) is 0 Å². The van der Waals surface area contributed by atoms with E-state index in [4.69, 9.17) is 0 Å². The van der Waals surface area contributed by atoms with Gasteiger partial charge in [-0.1, -0.05) is 13.0 Å². The molecular weight excluding hydrogens is 250 g/mol. The maximum atomic E-state index is 12.6. The van der Waals surface area contributed by atoms with Crippen molar-refractivity contribution in [2.24, 2.45) is 0 Å². The van der Waals surface area contributed by atoms with E-state index in [1.54, 1.807) is 33.2 Å². The molecule has 20 heavy (non-hydrogen) atoms. The van der Waals surface area contributed by atoms with Gasteiger partial charge in [0.1, 0.15) is 0 Å². The predicted octanol–water partition coefficient (Wildman–Crippen LogP) is 3.38. The van der Waals surface area contributed by atoms with Crippen LogP contribution < -0.4 is 0 Å². The average molecular weight is 269 g/mol. The zero-order valence-corrected chi connectivity index (χ0v) is 12.4.